The van der Waals surface area contributed by atoms with Crippen molar-refractivity contribution in [2.45, 2.75) is 24.9 Å². The van der Waals surface area contributed by atoms with Crippen molar-refractivity contribution in [1.29, 1.82) is 0 Å². The lowest BCUT2D eigenvalue weighted by molar-refractivity contribution is -0.125. The molecule has 2 atom stereocenters. The first-order chi connectivity index (χ1) is 14.5. The Kier molecular flexibility index (Phi) is 7.56. The van der Waals surface area contributed by atoms with Crippen LogP contribution in [0.1, 0.15) is 11.1 Å². The maximum atomic E-state index is 12.4. The first-order valence-electron chi connectivity index (χ1n) is 9.49. The predicted molar refractivity (Wildman–Crippen MR) is 118 cm³/mol. The van der Waals surface area contributed by atoms with Crippen molar-refractivity contribution in [3.8, 4) is 11.5 Å². The third kappa shape index (κ3) is 5.88. The second-order valence-electron chi connectivity index (χ2n) is 6.85. The molecule has 3 rings (SSSR count). The molecule has 160 valence electrons. The van der Waals surface area contributed by atoms with Crippen LogP contribution in [0.2, 0.25) is 0 Å². The SMILES string of the molecule is COc1ccc(NC(=O)CSC2NNC(Cc3ccc(C)cc3)C(=O)N2)cc1OC. The molecular weight excluding hydrogens is 404 g/mol. The van der Waals surface area contributed by atoms with E-state index in [9.17, 15) is 9.59 Å². The highest BCUT2D eigenvalue weighted by atomic mass is 32.2. The van der Waals surface area contributed by atoms with E-state index in [0.29, 0.717) is 23.6 Å². The maximum absolute atomic E-state index is 12.4. The summed E-state index contributed by atoms with van der Waals surface area (Å²) >= 11 is 1.28. The summed E-state index contributed by atoms with van der Waals surface area (Å²) in [6.45, 7) is 2.03. The lowest BCUT2D eigenvalue weighted by Crippen LogP contribution is -2.64. The number of hydrogen-bond acceptors (Lipinski definition) is 7. The summed E-state index contributed by atoms with van der Waals surface area (Å²) < 4.78 is 10.4. The molecule has 8 nitrogen and oxygen atoms in total. The number of nitrogens with one attached hydrogen (secondary N) is 4. The Morgan fingerprint density at radius 2 is 1.80 bits per heavy atom. The van der Waals surface area contributed by atoms with Gasteiger partial charge in [-0.05, 0) is 31.0 Å². The van der Waals surface area contributed by atoms with Crippen LogP contribution in [-0.4, -0.2) is 43.3 Å². The summed E-state index contributed by atoms with van der Waals surface area (Å²) in [6.07, 6.45) is 0.580. The average Bonchev–Trinajstić information content (AvgIpc) is 2.75. The Balaban J connectivity index is 1.45. The number of carbonyl (C=O) groups is 2. The van der Waals surface area contributed by atoms with Gasteiger partial charge in [0.25, 0.3) is 0 Å². The average molecular weight is 431 g/mol. The monoisotopic (exact) mass is 430 g/mol. The minimum absolute atomic E-state index is 0.105. The molecule has 0 radical (unpaired) electrons. The quantitative estimate of drug-likeness (QED) is 0.507. The molecule has 1 fully saturated rings. The molecule has 1 heterocycles. The van der Waals surface area contributed by atoms with Gasteiger partial charge in [0, 0.05) is 11.8 Å². The molecule has 0 saturated carbocycles. The molecule has 1 aliphatic heterocycles. The van der Waals surface area contributed by atoms with Crippen molar-refractivity contribution < 1.29 is 19.1 Å². The molecule has 1 aliphatic rings. The van der Waals surface area contributed by atoms with Crippen LogP contribution in [0.4, 0.5) is 5.69 Å². The van der Waals surface area contributed by atoms with E-state index in [0.717, 1.165) is 5.56 Å². The lowest BCUT2D eigenvalue weighted by Gasteiger charge is -2.31. The van der Waals surface area contributed by atoms with E-state index < -0.39 is 5.50 Å². The van der Waals surface area contributed by atoms with Gasteiger partial charge in [-0.3, -0.25) is 9.59 Å². The van der Waals surface area contributed by atoms with Crippen molar-refractivity contribution >= 4 is 29.3 Å². The molecule has 2 amide bonds. The molecule has 30 heavy (non-hydrogen) atoms. The maximum Gasteiger partial charge on any atom is 0.240 e. The number of carbonyl (C=O) groups excluding carboxylic acids is 2. The van der Waals surface area contributed by atoms with Crippen LogP contribution in [0.15, 0.2) is 42.5 Å². The summed E-state index contributed by atoms with van der Waals surface area (Å²) in [5, 5.41) is 5.69. The predicted octanol–water partition coefficient (Wildman–Crippen LogP) is 1.80. The van der Waals surface area contributed by atoms with Crippen LogP contribution >= 0.6 is 11.8 Å². The third-order valence-electron chi connectivity index (χ3n) is 4.59. The van der Waals surface area contributed by atoms with Crippen LogP contribution < -0.4 is 31.0 Å². The highest BCUT2D eigenvalue weighted by Crippen LogP contribution is 2.29. The zero-order chi connectivity index (χ0) is 21.5. The van der Waals surface area contributed by atoms with E-state index in [2.05, 4.69) is 21.5 Å². The van der Waals surface area contributed by atoms with Crippen molar-refractivity contribution in [3.63, 3.8) is 0 Å². The van der Waals surface area contributed by atoms with E-state index in [1.165, 1.54) is 24.4 Å². The van der Waals surface area contributed by atoms with Crippen LogP contribution in [0.3, 0.4) is 0 Å². The van der Waals surface area contributed by atoms with Crippen LogP contribution in [0.25, 0.3) is 0 Å². The third-order valence-corrected chi connectivity index (χ3v) is 5.59. The van der Waals surface area contributed by atoms with Gasteiger partial charge in [-0.2, -0.15) is 0 Å². The van der Waals surface area contributed by atoms with E-state index in [-0.39, 0.29) is 23.6 Å². The van der Waals surface area contributed by atoms with Gasteiger partial charge in [0.05, 0.1) is 20.0 Å². The topological polar surface area (TPSA) is 101 Å². The van der Waals surface area contributed by atoms with Crippen LogP contribution in [0, 0.1) is 6.92 Å². The number of methoxy groups -OCH3 is 2. The van der Waals surface area contributed by atoms with Crippen molar-refractivity contribution in [1.82, 2.24) is 16.2 Å². The highest BCUT2D eigenvalue weighted by molar-refractivity contribution is 8.00. The minimum Gasteiger partial charge on any atom is -0.493 e. The fourth-order valence-electron chi connectivity index (χ4n) is 2.96. The summed E-state index contributed by atoms with van der Waals surface area (Å²) in [5.74, 6) is 0.992. The Morgan fingerprint density at radius 3 is 2.47 bits per heavy atom. The molecule has 2 unspecified atom stereocenters. The number of hydrogen-bond donors (Lipinski definition) is 4. The fraction of sp³-hybridized carbons (Fsp3) is 0.333. The lowest BCUT2D eigenvalue weighted by atomic mass is 10.0. The molecule has 2 aromatic carbocycles. The van der Waals surface area contributed by atoms with Gasteiger partial charge in [-0.1, -0.05) is 29.8 Å². The fourth-order valence-corrected chi connectivity index (χ4v) is 3.71. The van der Waals surface area contributed by atoms with E-state index in [4.69, 9.17) is 9.47 Å². The van der Waals surface area contributed by atoms with E-state index in [1.807, 2.05) is 31.2 Å². The normalized spacial score (nSPS) is 18.4. The number of anilines is 1. The molecule has 2 aromatic rings. The molecule has 9 heteroatoms. The summed E-state index contributed by atoms with van der Waals surface area (Å²) in [4.78, 5) is 24.6. The smallest absolute Gasteiger partial charge is 0.240 e. The number of thioether (sulfide) groups is 1. The van der Waals surface area contributed by atoms with Gasteiger partial charge in [0.2, 0.25) is 11.8 Å². The number of rotatable bonds is 8. The Hall–Kier alpha value is -2.75. The van der Waals surface area contributed by atoms with E-state index >= 15 is 0 Å². The first-order valence-corrected chi connectivity index (χ1v) is 10.5. The molecule has 0 aliphatic carbocycles. The molecule has 0 bridgehead atoms. The first kappa shape index (κ1) is 21.9. The highest BCUT2D eigenvalue weighted by Gasteiger charge is 2.27. The van der Waals surface area contributed by atoms with Gasteiger partial charge in [-0.15, -0.1) is 11.8 Å². The van der Waals surface area contributed by atoms with Gasteiger partial charge >= 0.3 is 0 Å². The molecule has 4 N–H and O–H groups in total. The van der Waals surface area contributed by atoms with Crippen molar-refractivity contribution in [3.05, 3.63) is 53.6 Å². The molecule has 1 saturated heterocycles. The Labute approximate surface area is 180 Å². The van der Waals surface area contributed by atoms with Crippen molar-refractivity contribution in [2.24, 2.45) is 0 Å². The van der Waals surface area contributed by atoms with Crippen LogP contribution in [-0.2, 0) is 16.0 Å². The van der Waals surface area contributed by atoms with Gasteiger partial charge in [0.1, 0.15) is 11.5 Å². The number of ether oxygens (including phenoxy) is 2. The van der Waals surface area contributed by atoms with Gasteiger partial charge in [-0.25, -0.2) is 10.9 Å². The van der Waals surface area contributed by atoms with Crippen molar-refractivity contribution in [2.75, 3.05) is 25.3 Å². The Morgan fingerprint density at radius 1 is 1.07 bits per heavy atom. The standard InChI is InChI=1S/C21H26N4O4S/c1-13-4-6-14(7-5-13)10-16-20(27)23-21(25-24-16)30-12-19(26)22-15-8-9-17(28-2)18(11-15)29-3/h4-9,11,16,21,24-25H,10,12H2,1-3H3,(H,22,26)(H,23,27). The van der Waals surface area contributed by atoms with E-state index in [1.54, 1.807) is 25.3 Å². The van der Waals surface area contributed by atoms with Gasteiger partial charge < -0.3 is 20.1 Å². The number of benzene rings is 2. The zero-order valence-electron chi connectivity index (χ0n) is 17.2. The van der Waals surface area contributed by atoms with Crippen LogP contribution in [0.5, 0.6) is 11.5 Å². The molecular formula is C21H26N4O4S. The Bertz CT molecular complexity index is 891. The largest absolute Gasteiger partial charge is 0.493 e. The molecule has 0 spiro atoms. The second-order valence-corrected chi connectivity index (χ2v) is 7.94. The zero-order valence-corrected chi connectivity index (χ0v) is 18.0. The summed E-state index contributed by atoms with van der Waals surface area (Å²) in [5.41, 5.74) is 8.55. The summed E-state index contributed by atoms with van der Waals surface area (Å²) in [7, 11) is 3.09. The number of aryl methyl sites for hydroxylation is 1. The second kappa shape index (κ2) is 10.3. The number of hydrazine groups is 1. The minimum atomic E-state index is -0.400. The van der Waals surface area contributed by atoms with Gasteiger partial charge in [0.15, 0.2) is 11.5 Å². The molecule has 0 aromatic heterocycles. The summed E-state index contributed by atoms with van der Waals surface area (Å²) in [6, 6.07) is 12.9. The number of amides is 2.